The van der Waals surface area contributed by atoms with Gasteiger partial charge in [0.25, 0.3) is 0 Å². The van der Waals surface area contributed by atoms with Gasteiger partial charge < -0.3 is 4.74 Å². The van der Waals surface area contributed by atoms with Crippen LogP contribution >= 0.6 is 39.1 Å². The summed E-state index contributed by atoms with van der Waals surface area (Å²) < 4.78 is 28.4. The fourth-order valence-electron chi connectivity index (χ4n) is 1.06. The number of rotatable bonds is 4. The molecule has 1 aromatic carbocycles. The molecule has 17 heavy (non-hydrogen) atoms. The van der Waals surface area contributed by atoms with Gasteiger partial charge in [0, 0.05) is 10.0 Å². The zero-order chi connectivity index (χ0) is 13.1. The number of benzene rings is 1. The summed E-state index contributed by atoms with van der Waals surface area (Å²) in [6.45, 7) is 0.0906. The van der Waals surface area contributed by atoms with E-state index in [0.29, 0.717) is 4.47 Å². The van der Waals surface area contributed by atoms with Gasteiger partial charge in [0.1, 0.15) is 11.5 Å². The predicted octanol–water partition coefficient (Wildman–Crippen LogP) is 2.88. The third-order valence-corrected chi connectivity index (χ3v) is 3.53. The fraction of sp³-hybridized carbons (Fsp3) is 0.111. The van der Waals surface area contributed by atoms with E-state index >= 15 is 0 Å². The Morgan fingerprint density at radius 2 is 2.12 bits per heavy atom. The molecule has 0 amide bonds. The Hall–Kier alpha value is -0.270. The van der Waals surface area contributed by atoms with Gasteiger partial charge in [-0.05, 0) is 18.2 Å². The summed E-state index contributed by atoms with van der Waals surface area (Å²) in [7, 11) is -3.91. The largest absolute Gasteiger partial charge is 0.486 e. The van der Waals surface area contributed by atoms with E-state index in [0.717, 1.165) is 0 Å². The SMILES string of the molecule is NS(=O)(=O)c1cc(Br)cc(Cl)c1OC/C=C/Cl. The average Bonchev–Trinajstić information content (AvgIpc) is 2.19. The maximum absolute atomic E-state index is 11.4. The second-order valence-corrected chi connectivity index (χ2v) is 6.04. The topological polar surface area (TPSA) is 69.4 Å². The van der Waals surface area contributed by atoms with Gasteiger partial charge in [-0.1, -0.05) is 39.1 Å². The average molecular weight is 361 g/mol. The lowest BCUT2D eigenvalue weighted by molar-refractivity contribution is 0.353. The highest BCUT2D eigenvalue weighted by Crippen LogP contribution is 2.34. The van der Waals surface area contributed by atoms with Crippen molar-refractivity contribution in [3.05, 3.63) is 33.2 Å². The highest BCUT2D eigenvalue weighted by molar-refractivity contribution is 9.10. The van der Waals surface area contributed by atoms with Crippen LogP contribution in [0.3, 0.4) is 0 Å². The Morgan fingerprint density at radius 1 is 1.47 bits per heavy atom. The molecule has 1 rings (SSSR count). The molecular formula is C9H8BrCl2NO3S. The molecule has 0 bridgehead atoms. The molecule has 94 valence electrons. The van der Waals surface area contributed by atoms with Gasteiger partial charge in [-0.25, -0.2) is 13.6 Å². The summed E-state index contributed by atoms with van der Waals surface area (Å²) in [5.74, 6) is 0.00660. The van der Waals surface area contributed by atoms with Gasteiger partial charge >= 0.3 is 0 Å². The summed E-state index contributed by atoms with van der Waals surface area (Å²) in [5.41, 5.74) is 1.25. The number of primary sulfonamides is 1. The Labute approximate surface area is 118 Å². The molecule has 0 saturated heterocycles. The molecule has 2 N–H and O–H groups in total. The smallest absolute Gasteiger partial charge is 0.241 e. The van der Waals surface area contributed by atoms with Crippen molar-refractivity contribution in [3.63, 3.8) is 0 Å². The molecule has 0 aliphatic carbocycles. The van der Waals surface area contributed by atoms with Crippen LogP contribution in [0.2, 0.25) is 5.02 Å². The first-order chi connectivity index (χ1) is 7.86. The van der Waals surface area contributed by atoms with Crippen LogP contribution in [-0.2, 0) is 10.0 Å². The molecule has 0 heterocycles. The molecule has 0 radical (unpaired) electrons. The van der Waals surface area contributed by atoms with Crippen LogP contribution in [0.25, 0.3) is 0 Å². The zero-order valence-electron chi connectivity index (χ0n) is 8.36. The third-order valence-electron chi connectivity index (χ3n) is 1.69. The van der Waals surface area contributed by atoms with Crippen molar-refractivity contribution < 1.29 is 13.2 Å². The van der Waals surface area contributed by atoms with Crippen LogP contribution in [0.4, 0.5) is 0 Å². The molecule has 0 saturated carbocycles. The van der Waals surface area contributed by atoms with Crippen LogP contribution in [0, 0.1) is 0 Å². The van der Waals surface area contributed by atoms with E-state index in [4.69, 9.17) is 33.1 Å². The van der Waals surface area contributed by atoms with Gasteiger partial charge in [0.05, 0.1) is 5.02 Å². The number of sulfonamides is 1. The van der Waals surface area contributed by atoms with Gasteiger partial charge in [-0.3, -0.25) is 0 Å². The van der Waals surface area contributed by atoms with Crippen molar-refractivity contribution in [1.82, 2.24) is 0 Å². The number of nitrogens with two attached hydrogens (primary N) is 1. The highest BCUT2D eigenvalue weighted by Gasteiger charge is 2.19. The molecular weight excluding hydrogens is 353 g/mol. The molecule has 0 unspecified atom stereocenters. The van der Waals surface area contributed by atoms with Crippen LogP contribution in [0.15, 0.2) is 33.1 Å². The molecule has 0 spiro atoms. The van der Waals surface area contributed by atoms with Gasteiger partial charge in [0.15, 0.2) is 5.75 Å². The molecule has 8 heteroatoms. The molecule has 1 aromatic rings. The highest BCUT2D eigenvalue weighted by atomic mass is 79.9. The van der Waals surface area contributed by atoms with Crippen LogP contribution < -0.4 is 9.88 Å². The van der Waals surface area contributed by atoms with E-state index in [-0.39, 0.29) is 22.3 Å². The standard InChI is InChI=1S/C9H8BrCl2NO3S/c10-6-4-7(12)9(16-3-1-2-11)8(5-6)17(13,14)15/h1-2,4-5H,3H2,(H2,13,14,15)/b2-1+. The van der Waals surface area contributed by atoms with E-state index in [1.807, 2.05) is 0 Å². The monoisotopic (exact) mass is 359 g/mol. The lowest BCUT2D eigenvalue weighted by Gasteiger charge is -2.11. The van der Waals surface area contributed by atoms with Crippen molar-refractivity contribution in [2.24, 2.45) is 5.14 Å². The Kier molecular flexibility index (Phi) is 5.27. The maximum Gasteiger partial charge on any atom is 0.241 e. The van der Waals surface area contributed by atoms with Gasteiger partial charge in [-0.15, -0.1) is 0 Å². The minimum absolute atomic E-state index is 0.00660. The van der Waals surface area contributed by atoms with Crippen molar-refractivity contribution >= 4 is 49.2 Å². The maximum atomic E-state index is 11.4. The molecule has 0 aromatic heterocycles. The molecule has 0 aliphatic heterocycles. The summed E-state index contributed by atoms with van der Waals surface area (Å²) in [6.07, 6.45) is 1.49. The van der Waals surface area contributed by atoms with E-state index in [2.05, 4.69) is 15.9 Å². The van der Waals surface area contributed by atoms with E-state index < -0.39 is 10.0 Å². The third kappa shape index (κ3) is 4.15. The van der Waals surface area contributed by atoms with Gasteiger partial charge in [-0.2, -0.15) is 0 Å². The zero-order valence-corrected chi connectivity index (χ0v) is 12.3. The summed E-state index contributed by atoms with van der Waals surface area (Å²) in [5, 5.41) is 5.21. The normalized spacial score (nSPS) is 12.0. The summed E-state index contributed by atoms with van der Waals surface area (Å²) in [6, 6.07) is 2.83. The van der Waals surface area contributed by atoms with E-state index in [9.17, 15) is 8.42 Å². The van der Waals surface area contributed by atoms with Crippen molar-refractivity contribution in [1.29, 1.82) is 0 Å². The quantitative estimate of drug-likeness (QED) is 0.897. The lowest BCUT2D eigenvalue weighted by Crippen LogP contribution is -2.14. The van der Waals surface area contributed by atoms with E-state index in [1.54, 1.807) is 0 Å². The number of halogens is 3. The van der Waals surface area contributed by atoms with Gasteiger partial charge in [0.2, 0.25) is 10.0 Å². The minimum Gasteiger partial charge on any atom is -0.486 e. The number of ether oxygens (including phenoxy) is 1. The van der Waals surface area contributed by atoms with Crippen LogP contribution in [0.1, 0.15) is 0 Å². The van der Waals surface area contributed by atoms with Crippen molar-refractivity contribution in [3.8, 4) is 5.75 Å². The first-order valence-electron chi connectivity index (χ1n) is 4.26. The number of hydrogen-bond donors (Lipinski definition) is 1. The summed E-state index contributed by atoms with van der Waals surface area (Å²) >= 11 is 14.3. The second kappa shape index (κ2) is 6.06. The van der Waals surface area contributed by atoms with Crippen molar-refractivity contribution in [2.75, 3.05) is 6.61 Å². The minimum atomic E-state index is -3.91. The molecule has 0 fully saturated rings. The second-order valence-electron chi connectivity index (χ2n) is 2.93. The molecule has 4 nitrogen and oxygen atoms in total. The van der Waals surface area contributed by atoms with Crippen molar-refractivity contribution in [2.45, 2.75) is 4.90 Å². The Bertz CT molecular complexity index is 545. The van der Waals surface area contributed by atoms with E-state index in [1.165, 1.54) is 23.7 Å². The number of hydrogen-bond acceptors (Lipinski definition) is 3. The summed E-state index contributed by atoms with van der Waals surface area (Å²) in [4.78, 5) is -0.181. The Balaban J connectivity index is 3.26. The van der Waals surface area contributed by atoms with Crippen LogP contribution in [0.5, 0.6) is 5.75 Å². The van der Waals surface area contributed by atoms with Crippen LogP contribution in [-0.4, -0.2) is 15.0 Å². The lowest BCUT2D eigenvalue weighted by atomic mass is 10.3. The predicted molar refractivity (Wildman–Crippen MR) is 71.0 cm³/mol. The first-order valence-corrected chi connectivity index (χ1v) is 7.41. The first kappa shape index (κ1) is 14.8. The molecule has 0 aliphatic rings. The Morgan fingerprint density at radius 3 is 2.65 bits per heavy atom. The fourth-order valence-corrected chi connectivity index (χ4v) is 2.92. The molecule has 0 atom stereocenters.